The Morgan fingerprint density at radius 2 is 1.74 bits per heavy atom. The maximum Gasteiger partial charge on any atom is 0.270 e. The lowest BCUT2D eigenvalue weighted by Gasteiger charge is -2.24. The lowest BCUT2D eigenvalue weighted by molar-refractivity contribution is -0.384. The van der Waals surface area contributed by atoms with E-state index in [1.54, 1.807) is 30.3 Å². The fraction of sp³-hybridized carbons (Fsp3) is 0.250. The summed E-state index contributed by atoms with van der Waals surface area (Å²) >= 11 is 1.15. The molecular weight excluding hydrogens is 516 g/mol. The molecule has 0 spiro atoms. The van der Waals surface area contributed by atoms with Crippen molar-refractivity contribution < 1.29 is 14.5 Å². The molecule has 0 N–H and O–H groups in total. The molecule has 0 radical (unpaired) electrons. The first-order valence-corrected chi connectivity index (χ1v) is 13.4. The first-order chi connectivity index (χ1) is 18.9. The SMILES string of the molecule is CCN(CCCCN1C(=O)c2ccccc2C1=O)c1ccc(/N=N/c2snc3ccc([N+](=O)[O-])cc23)c(C)c1. The minimum atomic E-state index is -0.440. The number of non-ortho nitro benzene ring substituents is 1. The molecule has 198 valence electrons. The quantitative estimate of drug-likeness (QED) is 0.0712. The topological polar surface area (TPSA) is 121 Å². The Bertz CT molecular complexity index is 1580. The first-order valence-electron chi connectivity index (χ1n) is 12.6. The highest BCUT2D eigenvalue weighted by atomic mass is 32.1. The summed E-state index contributed by atoms with van der Waals surface area (Å²) in [5.41, 5.74) is 4.29. The summed E-state index contributed by atoms with van der Waals surface area (Å²) in [6, 6.07) is 17.4. The van der Waals surface area contributed by atoms with Crippen LogP contribution in [-0.2, 0) is 0 Å². The summed E-state index contributed by atoms with van der Waals surface area (Å²) < 4.78 is 4.30. The van der Waals surface area contributed by atoms with E-state index >= 15 is 0 Å². The highest BCUT2D eigenvalue weighted by Gasteiger charge is 2.34. The third kappa shape index (κ3) is 5.26. The Hall–Kier alpha value is -4.51. The van der Waals surface area contributed by atoms with Gasteiger partial charge < -0.3 is 4.90 Å². The second-order valence-corrected chi connectivity index (χ2v) is 9.96. The number of hydrogen-bond acceptors (Lipinski definition) is 9. The van der Waals surface area contributed by atoms with Gasteiger partial charge in [0, 0.05) is 42.8 Å². The number of nitro benzene ring substituents is 1. The van der Waals surface area contributed by atoms with Gasteiger partial charge >= 0.3 is 0 Å². The predicted octanol–water partition coefficient (Wildman–Crippen LogP) is 6.83. The normalized spacial score (nSPS) is 13.0. The van der Waals surface area contributed by atoms with E-state index in [1.165, 1.54) is 17.0 Å². The standard InChI is InChI=1S/C28H26N6O4S/c1-3-32(14-6-7-15-33-27(35)21-8-4-5-9-22(21)28(33)36)19-10-12-24(18(2)16-19)29-30-26-23-17-20(34(37)38)11-13-25(23)31-39-26/h4-5,8-13,16-17H,3,6-7,14-15H2,1-2H3/b30-29+. The highest BCUT2D eigenvalue weighted by molar-refractivity contribution is 7.11. The number of unbranched alkanes of at least 4 members (excludes halogenated alkanes) is 1. The highest BCUT2D eigenvalue weighted by Crippen LogP contribution is 2.35. The Balaban J connectivity index is 1.20. The van der Waals surface area contributed by atoms with Gasteiger partial charge in [0.05, 0.1) is 27.3 Å². The Labute approximate surface area is 228 Å². The molecule has 0 aliphatic carbocycles. The van der Waals surface area contributed by atoms with Crippen molar-refractivity contribution in [2.24, 2.45) is 10.2 Å². The molecule has 0 atom stereocenters. The summed E-state index contributed by atoms with van der Waals surface area (Å²) in [6.07, 6.45) is 1.54. The summed E-state index contributed by atoms with van der Waals surface area (Å²) in [7, 11) is 0. The molecule has 0 fully saturated rings. The van der Waals surface area contributed by atoms with Gasteiger partial charge in [-0.2, -0.15) is 4.37 Å². The van der Waals surface area contributed by atoms with Crippen LogP contribution in [0.25, 0.3) is 10.9 Å². The number of aryl methyl sites for hydroxylation is 1. The molecular formula is C28H26N6O4S. The third-order valence-electron chi connectivity index (χ3n) is 6.77. The number of imide groups is 1. The zero-order valence-corrected chi connectivity index (χ0v) is 22.4. The van der Waals surface area contributed by atoms with Gasteiger partial charge in [0.25, 0.3) is 17.5 Å². The zero-order valence-electron chi connectivity index (χ0n) is 21.5. The largest absolute Gasteiger partial charge is 0.372 e. The van der Waals surface area contributed by atoms with Crippen LogP contribution in [0.4, 0.5) is 22.1 Å². The van der Waals surface area contributed by atoms with Crippen LogP contribution >= 0.6 is 11.5 Å². The molecule has 0 saturated carbocycles. The van der Waals surface area contributed by atoms with Gasteiger partial charge in [0.2, 0.25) is 0 Å². The maximum atomic E-state index is 12.6. The van der Waals surface area contributed by atoms with Crippen LogP contribution < -0.4 is 4.90 Å². The number of anilines is 1. The number of nitrogens with zero attached hydrogens (tertiary/aromatic N) is 6. The molecule has 11 heteroatoms. The molecule has 10 nitrogen and oxygen atoms in total. The molecule has 0 saturated heterocycles. The van der Waals surface area contributed by atoms with Gasteiger partial charge in [-0.05, 0) is 80.2 Å². The van der Waals surface area contributed by atoms with E-state index in [0.717, 1.165) is 42.3 Å². The van der Waals surface area contributed by atoms with Gasteiger partial charge in [-0.15, -0.1) is 10.2 Å². The fourth-order valence-electron chi connectivity index (χ4n) is 4.63. The number of carbonyl (C=O) groups excluding carboxylic acids is 2. The number of azo groups is 1. The predicted molar refractivity (Wildman–Crippen MR) is 151 cm³/mol. The Morgan fingerprint density at radius 1 is 1.00 bits per heavy atom. The minimum Gasteiger partial charge on any atom is -0.372 e. The summed E-state index contributed by atoms with van der Waals surface area (Å²) in [6.45, 7) is 6.03. The lowest BCUT2D eigenvalue weighted by atomic mass is 10.1. The van der Waals surface area contributed by atoms with Crippen molar-refractivity contribution in [3.63, 3.8) is 0 Å². The fourth-order valence-corrected chi connectivity index (χ4v) is 5.32. The van der Waals surface area contributed by atoms with Gasteiger partial charge in [-0.1, -0.05) is 12.1 Å². The van der Waals surface area contributed by atoms with Crippen LogP contribution in [0.5, 0.6) is 0 Å². The molecule has 5 rings (SSSR count). The van der Waals surface area contributed by atoms with Crippen molar-refractivity contribution in [1.82, 2.24) is 9.27 Å². The number of amides is 2. The lowest BCUT2D eigenvalue weighted by Crippen LogP contribution is -2.31. The summed E-state index contributed by atoms with van der Waals surface area (Å²) in [5, 5.41) is 21.0. The number of benzene rings is 3. The van der Waals surface area contributed by atoms with E-state index in [-0.39, 0.29) is 17.5 Å². The molecule has 0 bridgehead atoms. The van der Waals surface area contributed by atoms with Crippen molar-refractivity contribution in [2.75, 3.05) is 24.5 Å². The second kappa shape index (κ2) is 11.1. The van der Waals surface area contributed by atoms with Crippen molar-refractivity contribution in [2.45, 2.75) is 26.7 Å². The molecule has 3 aromatic carbocycles. The Morgan fingerprint density at radius 3 is 2.41 bits per heavy atom. The number of hydrogen-bond donors (Lipinski definition) is 0. The average molecular weight is 543 g/mol. The van der Waals surface area contributed by atoms with Crippen molar-refractivity contribution in [3.8, 4) is 0 Å². The molecule has 2 heterocycles. The van der Waals surface area contributed by atoms with Crippen LogP contribution in [0.1, 0.15) is 46.0 Å². The van der Waals surface area contributed by atoms with Crippen molar-refractivity contribution in [3.05, 3.63) is 87.5 Å². The third-order valence-corrected chi connectivity index (χ3v) is 7.53. The monoisotopic (exact) mass is 542 g/mol. The van der Waals surface area contributed by atoms with Gasteiger partial charge in [0.15, 0.2) is 5.00 Å². The number of rotatable bonds is 10. The number of nitro groups is 1. The van der Waals surface area contributed by atoms with E-state index in [0.29, 0.717) is 45.7 Å². The van der Waals surface area contributed by atoms with Crippen molar-refractivity contribution >= 4 is 56.3 Å². The molecule has 39 heavy (non-hydrogen) atoms. The minimum absolute atomic E-state index is 0.0111. The smallest absolute Gasteiger partial charge is 0.270 e. The molecule has 1 aromatic heterocycles. The van der Waals surface area contributed by atoms with Crippen molar-refractivity contribution in [1.29, 1.82) is 0 Å². The number of aromatic nitrogens is 1. The van der Waals surface area contributed by atoms with E-state index in [9.17, 15) is 19.7 Å². The zero-order chi connectivity index (χ0) is 27.5. The van der Waals surface area contributed by atoms with E-state index in [4.69, 9.17) is 0 Å². The molecule has 4 aromatic rings. The van der Waals surface area contributed by atoms with Crippen LogP contribution in [0.3, 0.4) is 0 Å². The van der Waals surface area contributed by atoms with E-state index in [2.05, 4.69) is 32.5 Å². The average Bonchev–Trinajstić information content (AvgIpc) is 3.46. The second-order valence-electron chi connectivity index (χ2n) is 9.21. The van der Waals surface area contributed by atoms with Crippen LogP contribution in [0, 0.1) is 17.0 Å². The van der Waals surface area contributed by atoms with Crippen LogP contribution in [0.2, 0.25) is 0 Å². The molecule has 0 unspecified atom stereocenters. The number of fused-ring (bicyclic) bond motifs is 2. The Kier molecular flexibility index (Phi) is 7.42. The summed E-state index contributed by atoms with van der Waals surface area (Å²) in [4.78, 5) is 39.4. The molecule has 2 amide bonds. The van der Waals surface area contributed by atoms with Crippen LogP contribution in [0.15, 0.2) is 70.9 Å². The van der Waals surface area contributed by atoms with Gasteiger partial charge in [0.1, 0.15) is 0 Å². The van der Waals surface area contributed by atoms with E-state index < -0.39 is 4.92 Å². The van der Waals surface area contributed by atoms with Crippen LogP contribution in [-0.4, -0.2) is 45.6 Å². The van der Waals surface area contributed by atoms with Gasteiger partial charge in [-0.25, -0.2) is 0 Å². The maximum absolute atomic E-state index is 12.6. The number of carbonyl (C=O) groups is 2. The molecule has 1 aliphatic rings. The first kappa shape index (κ1) is 26.1. The van der Waals surface area contributed by atoms with E-state index in [1.807, 2.05) is 19.1 Å². The molecule has 1 aliphatic heterocycles. The van der Waals surface area contributed by atoms with Gasteiger partial charge in [-0.3, -0.25) is 24.6 Å². The summed E-state index contributed by atoms with van der Waals surface area (Å²) in [5.74, 6) is -0.430.